The third kappa shape index (κ3) is 4.95. The van der Waals surface area contributed by atoms with Gasteiger partial charge in [0.15, 0.2) is 6.61 Å². The molecule has 6 heteroatoms. The van der Waals surface area contributed by atoms with E-state index >= 15 is 0 Å². The number of ether oxygens (including phenoxy) is 1. The van der Waals surface area contributed by atoms with Crippen molar-refractivity contribution in [1.82, 2.24) is 15.3 Å². The summed E-state index contributed by atoms with van der Waals surface area (Å²) < 4.78 is 5.51. The molecule has 23 heavy (non-hydrogen) atoms. The van der Waals surface area contributed by atoms with Gasteiger partial charge in [-0.2, -0.15) is 0 Å². The average Bonchev–Trinajstić information content (AvgIpc) is 2.51. The Kier molecular flexibility index (Phi) is 5.51. The van der Waals surface area contributed by atoms with E-state index in [-0.39, 0.29) is 19.1 Å². The number of carbonyl (C=O) groups excluding carboxylic acids is 1. The molecule has 0 radical (unpaired) electrons. The Labute approximate surface area is 136 Å². The first kappa shape index (κ1) is 16.7. The standard InChI is InChI=1S/C17H22N4O2/c1-12-7-5-6-8-14(12)23-11-17(22)18-10-15-19-13(2)9-16(20-15)21(3)4/h5-9H,10-11H2,1-4H3,(H,18,22). The van der Waals surface area contributed by atoms with Gasteiger partial charge in [-0.3, -0.25) is 4.79 Å². The number of nitrogens with one attached hydrogen (secondary N) is 1. The number of amides is 1. The van der Waals surface area contributed by atoms with Crippen molar-refractivity contribution in [3.8, 4) is 5.75 Å². The Balaban J connectivity index is 1.88. The molecule has 1 aromatic heterocycles. The second-order valence-corrected chi connectivity index (χ2v) is 5.51. The molecule has 1 N–H and O–H groups in total. The molecular weight excluding hydrogens is 292 g/mol. The largest absolute Gasteiger partial charge is 0.484 e. The minimum atomic E-state index is -0.204. The molecule has 6 nitrogen and oxygen atoms in total. The van der Waals surface area contributed by atoms with E-state index in [1.165, 1.54) is 0 Å². The first-order valence-electron chi connectivity index (χ1n) is 7.42. The zero-order valence-corrected chi connectivity index (χ0v) is 14.0. The Morgan fingerprint density at radius 1 is 1.22 bits per heavy atom. The van der Waals surface area contributed by atoms with Crippen molar-refractivity contribution in [2.24, 2.45) is 0 Å². The van der Waals surface area contributed by atoms with Crippen molar-refractivity contribution in [2.45, 2.75) is 20.4 Å². The zero-order chi connectivity index (χ0) is 16.8. The number of para-hydroxylation sites is 1. The van der Waals surface area contributed by atoms with Gasteiger partial charge in [-0.1, -0.05) is 18.2 Å². The fourth-order valence-electron chi connectivity index (χ4n) is 2.01. The van der Waals surface area contributed by atoms with Crippen LogP contribution in [0.2, 0.25) is 0 Å². The molecule has 0 saturated heterocycles. The second kappa shape index (κ2) is 7.58. The van der Waals surface area contributed by atoms with Crippen LogP contribution in [0.5, 0.6) is 5.75 Å². The molecule has 0 atom stereocenters. The van der Waals surface area contributed by atoms with Gasteiger partial charge in [0.1, 0.15) is 17.4 Å². The first-order chi connectivity index (χ1) is 11.0. The summed E-state index contributed by atoms with van der Waals surface area (Å²) in [5.74, 6) is 1.91. The van der Waals surface area contributed by atoms with Crippen LogP contribution in [0.15, 0.2) is 30.3 Å². The second-order valence-electron chi connectivity index (χ2n) is 5.51. The Bertz CT molecular complexity index is 686. The van der Waals surface area contributed by atoms with E-state index in [0.717, 1.165) is 17.1 Å². The molecule has 0 saturated carbocycles. The van der Waals surface area contributed by atoms with Gasteiger partial charge in [-0.25, -0.2) is 9.97 Å². The molecule has 2 rings (SSSR count). The number of hydrogen-bond donors (Lipinski definition) is 1. The predicted octanol–water partition coefficient (Wildman–Crippen LogP) is 1.85. The van der Waals surface area contributed by atoms with E-state index in [9.17, 15) is 4.79 Å². The SMILES string of the molecule is Cc1cc(N(C)C)nc(CNC(=O)COc2ccccc2C)n1. The average molecular weight is 314 g/mol. The Morgan fingerprint density at radius 3 is 2.65 bits per heavy atom. The third-order valence-corrected chi connectivity index (χ3v) is 3.24. The van der Waals surface area contributed by atoms with E-state index in [1.807, 2.05) is 63.2 Å². The van der Waals surface area contributed by atoms with Crippen molar-refractivity contribution in [3.63, 3.8) is 0 Å². The summed E-state index contributed by atoms with van der Waals surface area (Å²) in [6, 6.07) is 9.49. The molecule has 0 aliphatic carbocycles. The van der Waals surface area contributed by atoms with E-state index in [1.54, 1.807) is 0 Å². The molecule has 1 heterocycles. The van der Waals surface area contributed by atoms with Crippen molar-refractivity contribution in [1.29, 1.82) is 0 Å². The molecule has 0 unspecified atom stereocenters. The van der Waals surface area contributed by atoms with Gasteiger partial charge in [-0.15, -0.1) is 0 Å². The highest BCUT2D eigenvalue weighted by Gasteiger charge is 2.08. The van der Waals surface area contributed by atoms with E-state index in [4.69, 9.17) is 4.74 Å². The lowest BCUT2D eigenvalue weighted by Crippen LogP contribution is -2.29. The van der Waals surface area contributed by atoms with Gasteiger partial charge in [0.25, 0.3) is 5.91 Å². The number of rotatable bonds is 6. The number of aryl methyl sites for hydroxylation is 2. The lowest BCUT2D eigenvalue weighted by molar-refractivity contribution is -0.123. The van der Waals surface area contributed by atoms with Gasteiger partial charge < -0.3 is 15.0 Å². The molecule has 0 spiro atoms. The van der Waals surface area contributed by atoms with Gasteiger partial charge in [-0.05, 0) is 25.5 Å². The summed E-state index contributed by atoms with van der Waals surface area (Å²) in [5.41, 5.74) is 1.86. The molecule has 0 bridgehead atoms. The van der Waals surface area contributed by atoms with Gasteiger partial charge in [0.05, 0.1) is 6.54 Å². The smallest absolute Gasteiger partial charge is 0.258 e. The van der Waals surface area contributed by atoms with Crippen molar-refractivity contribution in [2.75, 3.05) is 25.6 Å². The number of anilines is 1. The van der Waals surface area contributed by atoms with Crippen LogP contribution in [0.3, 0.4) is 0 Å². The molecular formula is C17H22N4O2. The van der Waals surface area contributed by atoms with Crippen LogP contribution < -0.4 is 15.0 Å². The number of hydrogen-bond acceptors (Lipinski definition) is 5. The van der Waals surface area contributed by atoms with Crippen LogP contribution >= 0.6 is 0 Å². The van der Waals surface area contributed by atoms with Gasteiger partial charge >= 0.3 is 0 Å². The molecule has 2 aromatic rings. The van der Waals surface area contributed by atoms with Gasteiger partial charge in [0.2, 0.25) is 0 Å². The summed E-state index contributed by atoms with van der Waals surface area (Å²) in [4.78, 5) is 22.5. The maximum Gasteiger partial charge on any atom is 0.258 e. The highest BCUT2D eigenvalue weighted by Crippen LogP contribution is 2.15. The van der Waals surface area contributed by atoms with Crippen molar-refractivity contribution in [3.05, 3.63) is 47.4 Å². The summed E-state index contributed by atoms with van der Waals surface area (Å²) in [7, 11) is 3.83. The van der Waals surface area contributed by atoms with Crippen molar-refractivity contribution < 1.29 is 9.53 Å². The molecule has 0 aliphatic heterocycles. The Morgan fingerprint density at radius 2 is 1.96 bits per heavy atom. The minimum absolute atomic E-state index is 0.0305. The van der Waals surface area contributed by atoms with Crippen LogP contribution in [0.25, 0.3) is 0 Å². The lowest BCUT2D eigenvalue weighted by Gasteiger charge is -2.13. The molecule has 1 aromatic carbocycles. The quantitative estimate of drug-likeness (QED) is 0.881. The molecule has 0 fully saturated rings. The third-order valence-electron chi connectivity index (χ3n) is 3.24. The van der Waals surface area contributed by atoms with Gasteiger partial charge in [0, 0.05) is 25.9 Å². The fraction of sp³-hybridized carbons (Fsp3) is 0.353. The number of benzene rings is 1. The van der Waals surface area contributed by atoms with E-state index in [0.29, 0.717) is 11.6 Å². The topological polar surface area (TPSA) is 67.4 Å². The summed E-state index contributed by atoms with van der Waals surface area (Å²) in [6.45, 7) is 4.09. The van der Waals surface area contributed by atoms with E-state index in [2.05, 4.69) is 15.3 Å². The fourth-order valence-corrected chi connectivity index (χ4v) is 2.01. The van der Waals surface area contributed by atoms with Crippen molar-refractivity contribution >= 4 is 11.7 Å². The number of nitrogens with zero attached hydrogens (tertiary/aromatic N) is 3. The summed E-state index contributed by atoms with van der Waals surface area (Å²) >= 11 is 0. The zero-order valence-electron chi connectivity index (χ0n) is 14.0. The van der Waals surface area contributed by atoms with Crippen LogP contribution in [0, 0.1) is 13.8 Å². The minimum Gasteiger partial charge on any atom is -0.484 e. The highest BCUT2D eigenvalue weighted by molar-refractivity contribution is 5.77. The Hall–Kier alpha value is -2.63. The predicted molar refractivity (Wildman–Crippen MR) is 89.6 cm³/mol. The summed E-state index contributed by atoms with van der Waals surface area (Å²) in [5, 5.41) is 2.77. The maximum atomic E-state index is 11.9. The molecule has 0 aliphatic rings. The monoisotopic (exact) mass is 314 g/mol. The highest BCUT2D eigenvalue weighted by atomic mass is 16.5. The molecule has 1 amide bonds. The van der Waals surface area contributed by atoms with Crippen LogP contribution in [0.4, 0.5) is 5.82 Å². The lowest BCUT2D eigenvalue weighted by atomic mass is 10.2. The van der Waals surface area contributed by atoms with Crippen LogP contribution in [-0.2, 0) is 11.3 Å². The number of carbonyl (C=O) groups is 1. The molecule has 122 valence electrons. The first-order valence-corrected chi connectivity index (χ1v) is 7.42. The maximum absolute atomic E-state index is 11.9. The summed E-state index contributed by atoms with van der Waals surface area (Å²) in [6.07, 6.45) is 0. The van der Waals surface area contributed by atoms with E-state index < -0.39 is 0 Å². The number of aromatic nitrogens is 2. The van der Waals surface area contributed by atoms with Crippen LogP contribution in [0.1, 0.15) is 17.1 Å². The van der Waals surface area contributed by atoms with Crippen LogP contribution in [-0.4, -0.2) is 36.6 Å². The normalized spacial score (nSPS) is 10.3.